The van der Waals surface area contributed by atoms with E-state index in [1.54, 1.807) is 12.1 Å². The number of anilines is 1. The van der Waals surface area contributed by atoms with Crippen LogP contribution >= 0.6 is 0 Å². The summed E-state index contributed by atoms with van der Waals surface area (Å²) in [6, 6.07) is 10.0. The SMILES string of the molecule is CC(C)c1ccc(OCC(=O)O[C@@H](C)C(=O)Nc2ccc(F)cc2F)cc1. The average Bonchev–Trinajstić information content (AvgIpc) is 2.62. The summed E-state index contributed by atoms with van der Waals surface area (Å²) in [6.07, 6.45) is -1.17. The van der Waals surface area contributed by atoms with Gasteiger partial charge in [-0.15, -0.1) is 0 Å². The summed E-state index contributed by atoms with van der Waals surface area (Å²) >= 11 is 0. The molecule has 0 bridgehead atoms. The molecule has 0 spiro atoms. The van der Waals surface area contributed by atoms with Crippen LogP contribution in [0.1, 0.15) is 32.3 Å². The highest BCUT2D eigenvalue weighted by Gasteiger charge is 2.19. The zero-order chi connectivity index (χ0) is 20.0. The molecule has 0 aliphatic heterocycles. The molecule has 7 heteroatoms. The number of ether oxygens (including phenoxy) is 2. The van der Waals surface area contributed by atoms with E-state index < -0.39 is 29.6 Å². The van der Waals surface area contributed by atoms with Crippen molar-refractivity contribution in [2.45, 2.75) is 32.8 Å². The molecule has 2 aromatic carbocycles. The third-order valence-corrected chi connectivity index (χ3v) is 3.77. The Morgan fingerprint density at radius 3 is 2.30 bits per heavy atom. The minimum atomic E-state index is -1.17. The van der Waals surface area contributed by atoms with Gasteiger partial charge in [-0.05, 0) is 42.7 Å². The lowest BCUT2D eigenvalue weighted by molar-refractivity contribution is -0.155. The van der Waals surface area contributed by atoms with Crippen LogP contribution in [0.15, 0.2) is 42.5 Å². The van der Waals surface area contributed by atoms with Gasteiger partial charge in [0.15, 0.2) is 12.7 Å². The number of hydrogen-bond donors (Lipinski definition) is 1. The predicted octanol–water partition coefficient (Wildman–Crippen LogP) is 4.04. The van der Waals surface area contributed by atoms with Gasteiger partial charge in [-0.1, -0.05) is 26.0 Å². The number of hydrogen-bond acceptors (Lipinski definition) is 4. The number of carbonyl (C=O) groups excluding carboxylic acids is 2. The van der Waals surface area contributed by atoms with Gasteiger partial charge in [0.1, 0.15) is 17.4 Å². The molecule has 1 atom stereocenters. The van der Waals surface area contributed by atoms with E-state index in [4.69, 9.17) is 9.47 Å². The Kier molecular flexibility index (Phi) is 6.87. The first kappa shape index (κ1) is 20.4. The smallest absolute Gasteiger partial charge is 0.344 e. The first-order valence-electron chi connectivity index (χ1n) is 8.44. The van der Waals surface area contributed by atoms with E-state index in [2.05, 4.69) is 19.2 Å². The minimum absolute atomic E-state index is 0.203. The number of amides is 1. The van der Waals surface area contributed by atoms with Gasteiger partial charge >= 0.3 is 5.97 Å². The van der Waals surface area contributed by atoms with Gasteiger partial charge in [0.2, 0.25) is 0 Å². The second-order valence-corrected chi connectivity index (χ2v) is 6.26. The molecular weight excluding hydrogens is 356 g/mol. The monoisotopic (exact) mass is 377 g/mol. The summed E-state index contributed by atoms with van der Waals surface area (Å²) in [6.45, 7) is 5.10. The Hall–Kier alpha value is -2.96. The van der Waals surface area contributed by atoms with Gasteiger partial charge in [-0.25, -0.2) is 13.6 Å². The van der Waals surface area contributed by atoms with E-state index in [0.717, 1.165) is 17.7 Å². The third-order valence-electron chi connectivity index (χ3n) is 3.77. The predicted molar refractivity (Wildman–Crippen MR) is 96.6 cm³/mol. The van der Waals surface area contributed by atoms with E-state index >= 15 is 0 Å². The third kappa shape index (κ3) is 6.06. The maximum atomic E-state index is 13.5. The normalized spacial score (nSPS) is 11.8. The van der Waals surface area contributed by atoms with Crippen LogP contribution in [0.3, 0.4) is 0 Å². The van der Waals surface area contributed by atoms with Crippen molar-refractivity contribution < 1.29 is 27.8 Å². The maximum Gasteiger partial charge on any atom is 0.344 e. The first-order chi connectivity index (χ1) is 12.8. The van der Waals surface area contributed by atoms with E-state index in [0.29, 0.717) is 17.7 Å². The van der Waals surface area contributed by atoms with Crippen LogP contribution in [0.2, 0.25) is 0 Å². The van der Waals surface area contributed by atoms with Crippen LogP contribution in [0.25, 0.3) is 0 Å². The number of rotatable bonds is 7. The van der Waals surface area contributed by atoms with Gasteiger partial charge in [0.05, 0.1) is 5.69 Å². The Bertz CT molecular complexity index is 806. The summed E-state index contributed by atoms with van der Waals surface area (Å²) in [5.41, 5.74) is 0.939. The van der Waals surface area contributed by atoms with E-state index in [9.17, 15) is 18.4 Å². The number of benzene rings is 2. The van der Waals surface area contributed by atoms with Gasteiger partial charge in [0.25, 0.3) is 5.91 Å². The molecule has 1 N–H and O–H groups in total. The number of carbonyl (C=O) groups is 2. The quantitative estimate of drug-likeness (QED) is 0.740. The van der Waals surface area contributed by atoms with Gasteiger partial charge in [-0.2, -0.15) is 0 Å². The maximum absolute atomic E-state index is 13.5. The number of esters is 1. The zero-order valence-electron chi connectivity index (χ0n) is 15.3. The molecule has 5 nitrogen and oxygen atoms in total. The minimum Gasteiger partial charge on any atom is -0.482 e. The molecule has 0 aliphatic rings. The summed E-state index contributed by atoms with van der Waals surface area (Å²) in [5.74, 6) is -2.28. The van der Waals surface area contributed by atoms with Crippen molar-refractivity contribution in [1.29, 1.82) is 0 Å². The second kappa shape index (κ2) is 9.12. The first-order valence-corrected chi connectivity index (χ1v) is 8.44. The average molecular weight is 377 g/mol. The van der Waals surface area contributed by atoms with E-state index in [-0.39, 0.29) is 12.3 Å². The van der Waals surface area contributed by atoms with Crippen molar-refractivity contribution in [3.05, 3.63) is 59.7 Å². The van der Waals surface area contributed by atoms with Crippen LogP contribution in [0.5, 0.6) is 5.75 Å². The van der Waals surface area contributed by atoms with Crippen molar-refractivity contribution in [2.24, 2.45) is 0 Å². The Morgan fingerprint density at radius 1 is 1.04 bits per heavy atom. The molecule has 0 radical (unpaired) electrons. The van der Waals surface area contributed by atoms with Gasteiger partial charge in [-0.3, -0.25) is 4.79 Å². The molecule has 0 aromatic heterocycles. The van der Waals surface area contributed by atoms with Crippen LogP contribution in [-0.4, -0.2) is 24.6 Å². The molecular formula is C20H21F2NO4. The highest BCUT2D eigenvalue weighted by molar-refractivity contribution is 5.95. The molecule has 0 aliphatic carbocycles. The molecule has 0 heterocycles. The van der Waals surface area contributed by atoms with Gasteiger partial charge < -0.3 is 14.8 Å². The highest BCUT2D eigenvalue weighted by atomic mass is 19.1. The van der Waals surface area contributed by atoms with Crippen molar-refractivity contribution >= 4 is 17.6 Å². The summed E-state index contributed by atoms with van der Waals surface area (Å²) < 4.78 is 36.7. The Morgan fingerprint density at radius 2 is 1.70 bits per heavy atom. The van der Waals surface area contributed by atoms with Crippen LogP contribution in [0.4, 0.5) is 14.5 Å². The van der Waals surface area contributed by atoms with Crippen molar-refractivity contribution in [3.63, 3.8) is 0 Å². The number of halogens is 2. The topological polar surface area (TPSA) is 64.6 Å². The molecule has 1 amide bonds. The fourth-order valence-corrected chi connectivity index (χ4v) is 2.20. The largest absolute Gasteiger partial charge is 0.482 e. The fourth-order valence-electron chi connectivity index (χ4n) is 2.20. The molecule has 144 valence electrons. The van der Waals surface area contributed by atoms with Crippen molar-refractivity contribution in [3.8, 4) is 5.75 Å². The lowest BCUT2D eigenvalue weighted by atomic mass is 10.0. The lowest BCUT2D eigenvalue weighted by Gasteiger charge is -2.14. The Balaban J connectivity index is 1.82. The molecule has 2 rings (SSSR count). The van der Waals surface area contributed by atoms with Crippen molar-refractivity contribution in [1.82, 2.24) is 0 Å². The summed E-state index contributed by atoms with van der Waals surface area (Å²) in [7, 11) is 0. The molecule has 0 saturated carbocycles. The molecule has 0 unspecified atom stereocenters. The summed E-state index contributed by atoms with van der Waals surface area (Å²) in [4.78, 5) is 23.8. The van der Waals surface area contributed by atoms with E-state index in [1.807, 2.05) is 12.1 Å². The number of nitrogens with one attached hydrogen (secondary N) is 1. The molecule has 0 saturated heterocycles. The van der Waals surface area contributed by atoms with Crippen molar-refractivity contribution in [2.75, 3.05) is 11.9 Å². The standard InChI is InChI=1S/C20H21F2NO4/c1-12(2)14-4-7-16(8-5-14)26-11-19(24)27-13(3)20(25)23-18-9-6-15(21)10-17(18)22/h4-10,12-13H,11H2,1-3H3,(H,23,25)/t13-/m0/s1. The van der Waals surface area contributed by atoms with Crippen LogP contribution in [0, 0.1) is 11.6 Å². The van der Waals surface area contributed by atoms with E-state index in [1.165, 1.54) is 6.92 Å². The highest BCUT2D eigenvalue weighted by Crippen LogP contribution is 2.19. The second-order valence-electron chi connectivity index (χ2n) is 6.26. The lowest BCUT2D eigenvalue weighted by Crippen LogP contribution is -2.32. The molecule has 2 aromatic rings. The Labute approximate surface area is 156 Å². The summed E-state index contributed by atoms with van der Waals surface area (Å²) in [5, 5.41) is 2.23. The zero-order valence-corrected chi connectivity index (χ0v) is 15.3. The molecule has 27 heavy (non-hydrogen) atoms. The fraction of sp³-hybridized carbons (Fsp3) is 0.300. The molecule has 0 fully saturated rings. The van der Waals surface area contributed by atoms with Gasteiger partial charge in [0, 0.05) is 6.07 Å². The van der Waals surface area contributed by atoms with Crippen LogP contribution in [-0.2, 0) is 14.3 Å². The van der Waals surface area contributed by atoms with Crippen LogP contribution < -0.4 is 10.1 Å².